The van der Waals surface area contributed by atoms with Crippen LogP contribution in [-0.2, 0) is 25.3 Å². The van der Waals surface area contributed by atoms with Gasteiger partial charge < -0.3 is 24.7 Å². The molecule has 10 heteroatoms. The highest BCUT2D eigenvalue weighted by Gasteiger charge is 2.68. The fourth-order valence-corrected chi connectivity index (χ4v) is 7.82. The van der Waals surface area contributed by atoms with Gasteiger partial charge in [0, 0.05) is 6.42 Å². The minimum Gasteiger partial charge on any atom is -0.444 e. The van der Waals surface area contributed by atoms with Crippen molar-refractivity contribution in [3.63, 3.8) is 0 Å². The number of hydrogen-bond acceptors (Lipinski definition) is 7. The van der Waals surface area contributed by atoms with Crippen LogP contribution in [0.25, 0.3) is 0 Å². The average molecular weight is 645 g/mol. The standard InChI is InChI=1S/C37H53BN4O5/c1-22(2)15-32(38-46-31-21-26-20-30(36(26,8)9)37(31,10)47-38)40-33(43)29(39-34(44)45-35(5,6)7)19-25-11-13-27(14-12-25)41-42-28-17-23(3)16-24(4)18-28/h11-14,16-18,22,26,29-32H,15,19-21H2,1-10H3,(H,39,44)(H,40,43)/t26-,29-,30-,31?,32-,37-/m0/s1. The second kappa shape index (κ2) is 13.3. The number of aryl methyl sites for hydroxylation is 2. The summed E-state index contributed by atoms with van der Waals surface area (Å²) in [7, 11) is -0.560. The van der Waals surface area contributed by atoms with Gasteiger partial charge in [0.25, 0.3) is 0 Å². The highest BCUT2D eigenvalue weighted by atomic mass is 16.7. The van der Waals surface area contributed by atoms with Gasteiger partial charge in [-0.15, -0.1) is 0 Å². The predicted octanol–water partition coefficient (Wildman–Crippen LogP) is 7.95. The van der Waals surface area contributed by atoms with E-state index in [1.54, 1.807) is 20.8 Å². The van der Waals surface area contributed by atoms with Crippen molar-refractivity contribution >= 4 is 30.5 Å². The van der Waals surface area contributed by atoms with Crippen LogP contribution >= 0.6 is 0 Å². The summed E-state index contributed by atoms with van der Waals surface area (Å²) in [6.07, 6.45) is 2.43. The molecule has 9 nitrogen and oxygen atoms in total. The number of azo groups is 1. The van der Waals surface area contributed by atoms with Gasteiger partial charge in [-0.05, 0) is 125 Å². The van der Waals surface area contributed by atoms with E-state index in [1.165, 1.54) is 0 Å². The number of benzene rings is 2. The van der Waals surface area contributed by atoms with Crippen molar-refractivity contribution in [1.29, 1.82) is 0 Å². The van der Waals surface area contributed by atoms with Gasteiger partial charge in [-0.2, -0.15) is 10.2 Å². The summed E-state index contributed by atoms with van der Waals surface area (Å²) in [4.78, 5) is 27.0. The Kier molecular flexibility index (Phi) is 9.96. The molecular weight excluding hydrogens is 591 g/mol. The minimum atomic E-state index is -0.881. The lowest BCUT2D eigenvalue weighted by Crippen LogP contribution is -2.65. The molecule has 254 valence electrons. The van der Waals surface area contributed by atoms with Gasteiger partial charge in [0.05, 0.1) is 29.0 Å². The summed E-state index contributed by atoms with van der Waals surface area (Å²) >= 11 is 0. The lowest BCUT2D eigenvalue weighted by atomic mass is 9.43. The highest BCUT2D eigenvalue weighted by Crippen LogP contribution is 2.65. The lowest BCUT2D eigenvalue weighted by molar-refractivity contribution is -0.199. The van der Waals surface area contributed by atoms with Crippen molar-refractivity contribution in [3.05, 3.63) is 59.2 Å². The molecule has 2 N–H and O–H groups in total. The number of ether oxygens (including phenoxy) is 1. The van der Waals surface area contributed by atoms with Crippen molar-refractivity contribution in [2.24, 2.45) is 33.4 Å². The maximum absolute atomic E-state index is 14.0. The average Bonchev–Trinajstić information content (AvgIpc) is 3.31. The number of amides is 2. The van der Waals surface area contributed by atoms with Crippen LogP contribution in [0.1, 0.15) is 91.3 Å². The maximum atomic E-state index is 14.0. The maximum Gasteiger partial charge on any atom is 0.481 e. The third-order valence-corrected chi connectivity index (χ3v) is 10.2. The first-order chi connectivity index (χ1) is 21.9. The molecule has 2 aromatic rings. The van der Waals surface area contributed by atoms with E-state index >= 15 is 0 Å². The summed E-state index contributed by atoms with van der Waals surface area (Å²) in [5, 5.41) is 14.8. The molecule has 1 aliphatic heterocycles. The van der Waals surface area contributed by atoms with Gasteiger partial charge in [-0.3, -0.25) is 4.79 Å². The molecule has 1 saturated heterocycles. The Balaban J connectivity index is 1.31. The Morgan fingerprint density at radius 2 is 1.62 bits per heavy atom. The SMILES string of the molecule is Cc1cc(C)cc(N=Nc2ccc(C[C@H](NC(=O)OC(C)(C)C)C(=O)N[C@@H](CC(C)C)B3OC4C[C@@H]5C[C@@H](C5(C)C)[C@]4(C)O3)cc2)c1. The summed E-state index contributed by atoms with van der Waals surface area (Å²) in [5.74, 6) is 0.658. The molecular formula is C37H53BN4O5. The molecule has 47 heavy (non-hydrogen) atoms. The molecule has 1 heterocycles. The van der Waals surface area contributed by atoms with E-state index in [-0.39, 0.29) is 41.3 Å². The van der Waals surface area contributed by atoms with Crippen LogP contribution in [0.5, 0.6) is 0 Å². The van der Waals surface area contributed by atoms with Crippen molar-refractivity contribution in [2.45, 2.75) is 124 Å². The Morgan fingerprint density at radius 3 is 2.21 bits per heavy atom. The summed E-state index contributed by atoms with van der Waals surface area (Å²) in [5.41, 5.74) is 3.74. The molecule has 0 aromatic heterocycles. The van der Waals surface area contributed by atoms with Crippen LogP contribution in [0.15, 0.2) is 52.7 Å². The van der Waals surface area contributed by atoms with Crippen molar-refractivity contribution < 1.29 is 23.6 Å². The van der Waals surface area contributed by atoms with Crippen LogP contribution in [0.3, 0.4) is 0 Å². The molecule has 3 saturated carbocycles. The smallest absolute Gasteiger partial charge is 0.444 e. The number of hydrogen-bond donors (Lipinski definition) is 2. The minimum absolute atomic E-state index is 0.0112. The van der Waals surface area contributed by atoms with Gasteiger partial charge >= 0.3 is 13.2 Å². The predicted molar refractivity (Wildman–Crippen MR) is 185 cm³/mol. The first-order valence-corrected chi connectivity index (χ1v) is 17.1. The Bertz CT molecular complexity index is 1470. The van der Waals surface area contributed by atoms with Crippen LogP contribution in [0.4, 0.5) is 16.2 Å². The largest absolute Gasteiger partial charge is 0.481 e. The third kappa shape index (κ3) is 8.08. The Hall–Kier alpha value is -3.24. The van der Waals surface area contributed by atoms with E-state index in [1.807, 2.05) is 50.2 Å². The number of alkyl carbamates (subject to hydrolysis) is 1. The topological polar surface area (TPSA) is 111 Å². The molecule has 6 atom stereocenters. The molecule has 3 aliphatic carbocycles. The molecule has 2 bridgehead atoms. The van der Waals surface area contributed by atoms with Crippen molar-refractivity contribution in [3.8, 4) is 0 Å². The zero-order chi connectivity index (χ0) is 34.3. The number of nitrogens with one attached hydrogen (secondary N) is 2. The summed E-state index contributed by atoms with van der Waals surface area (Å²) < 4.78 is 18.9. The molecule has 4 aliphatic rings. The number of carbonyl (C=O) groups excluding carboxylic acids is 2. The van der Waals surface area contributed by atoms with Gasteiger partial charge in [0.15, 0.2) is 0 Å². The highest BCUT2D eigenvalue weighted by molar-refractivity contribution is 6.48. The zero-order valence-corrected chi connectivity index (χ0v) is 29.8. The van der Waals surface area contributed by atoms with E-state index in [4.69, 9.17) is 14.0 Å². The van der Waals surface area contributed by atoms with Crippen LogP contribution in [0, 0.1) is 37.0 Å². The number of rotatable bonds is 10. The Morgan fingerprint density at radius 1 is 0.979 bits per heavy atom. The van der Waals surface area contributed by atoms with Gasteiger partial charge in [-0.25, -0.2) is 4.79 Å². The fourth-order valence-electron chi connectivity index (χ4n) is 7.82. The molecule has 2 amide bonds. The van der Waals surface area contributed by atoms with Crippen molar-refractivity contribution in [1.82, 2.24) is 10.6 Å². The first kappa shape index (κ1) is 35.1. The van der Waals surface area contributed by atoms with Crippen molar-refractivity contribution in [2.75, 3.05) is 0 Å². The summed E-state index contributed by atoms with van der Waals surface area (Å²) in [6, 6.07) is 12.7. The fraction of sp³-hybridized carbons (Fsp3) is 0.622. The zero-order valence-electron chi connectivity index (χ0n) is 29.8. The van der Waals surface area contributed by atoms with E-state index in [2.05, 4.69) is 61.5 Å². The van der Waals surface area contributed by atoms with E-state index < -0.39 is 24.9 Å². The van der Waals surface area contributed by atoms with E-state index in [9.17, 15) is 9.59 Å². The third-order valence-electron chi connectivity index (χ3n) is 10.2. The van der Waals surface area contributed by atoms with Crippen LogP contribution < -0.4 is 10.6 Å². The molecule has 4 fully saturated rings. The normalized spacial score (nSPS) is 26.0. The van der Waals surface area contributed by atoms with Crippen LogP contribution in [-0.4, -0.2) is 48.4 Å². The van der Waals surface area contributed by atoms with Gasteiger partial charge in [0.2, 0.25) is 5.91 Å². The number of carbonyl (C=O) groups is 2. The Labute approximate surface area is 281 Å². The molecule has 1 unspecified atom stereocenters. The second-order valence-electron chi connectivity index (χ2n) is 16.2. The molecule has 6 rings (SSSR count). The van der Waals surface area contributed by atoms with E-state index in [0.717, 1.165) is 35.2 Å². The van der Waals surface area contributed by atoms with Gasteiger partial charge in [0.1, 0.15) is 11.6 Å². The summed E-state index contributed by atoms with van der Waals surface area (Å²) in [6.45, 7) is 20.6. The molecule has 0 spiro atoms. The number of nitrogens with zero attached hydrogens (tertiary/aromatic N) is 2. The monoisotopic (exact) mass is 644 g/mol. The quantitative estimate of drug-likeness (QED) is 0.202. The second-order valence-corrected chi connectivity index (χ2v) is 16.2. The molecule has 0 radical (unpaired) electrons. The van der Waals surface area contributed by atoms with E-state index in [0.29, 0.717) is 23.9 Å². The first-order valence-electron chi connectivity index (χ1n) is 17.1. The van der Waals surface area contributed by atoms with Gasteiger partial charge in [-0.1, -0.05) is 45.9 Å². The molecule has 2 aromatic carbocycles. The van der Waals surface area contributed by atoms with Crippen LogP contribution in [0.2, 0.25) is 0 Å². The lowest BCUT2D eigenvalue weighted by Gasteiger charge is -2.64.